The molecule has 1 amide bonds. The fraction of sp³-hybridized carbons (Fsp3) is 0.474. The van der Waals surface area contributed by atoms with Crippen molar-refractivity contribution in [2.24, 2.45) is 5.92 Å². The van der Waals surface area contributed by atoms with Gasteiger partial charge in [-0.15, -0.1) is 0 Å². The van der Waals surface area contributed by atoms with E-state index in [-0.39, 0.29) is 17.4 Å². The Balaban J connectivity index is 2.14. The number of fused-ring (bicyclic) bond motifs is 1. The minimum atomic E-state index is -0.929. The van der Waals surface area contributed by atoms with E-state index < -0.39 is 11.6 Å². The van der Waals surface area contributed by atoms with Crippen LogP contribution in [0.25, 0.3) is 10.9 Å². The van der Waals surface area contributed by atoms with Crippen LogP contribution >= 0.6 is 0 Å². The first-order valence-corrected chi connectivity index (χ1v) is 8.59. The standard InChI is InChI=1S/C19H25N5O2/c1-12(2)19(4,11-20)23-17(25)13(3)24(5)10-16-21-15-9-7-6-8-14(15)18(26)22-16/h6-9,12-13H,10H2,1-5H3,(H,23,25)(H,21,22,26)/t13-,19+/m0/s1. The number of hydrogen-bond donors (Lipinski definition) is 2. The van der Waals surface area contributed by atoms with Crippen molar-refractivity contribution < 1.29 is 4.79 Å². The molecule has 1 aromatic heterocycles. The van der Waals surface area contributed by atoms with Crippen LogP contribution in [-0.2, 0) is 11.3 Å². The summed E-state index contributed by atoms with van der Waals surface area (Å²) in [6.07, 6.45) is 0. The van der Waals surface area contributed by atoms with Crippen LogP contribution in [0.1, 0.15) is 33.5 Å². The van der Waals surface area contributed by atoms with Gasteiger partial charge < -0.3 is 10.3 Å². The zero-order valence-corrected chi connectivity index (χ0v) is 15.8. The Morgan fingerprint density at radius 3 is 2.65 bits per heavy atom. The molecule has 0 bridgehead atoms. The Bertz CT molecular complexity index is 899. The van der Waals surface area contributed by atoms with Gasteiger partial charge in [0.25, 0.3) is 5.56 Å². The van der Waals surface area contributed by atoms with Gasteiger partial charge in [-0.2, -0.15) is 5.26 Å². The van der Waals surface area contributed by atoms with E-state index in [1.54, 1.807) is 44.0 Å². The second-order valence-corrected chi connectivity index (χ2v) is 7.08. The first-order chi connectivity index (χ1) is 12.2. The number of aromatic amines is 1. The average molecular weight is 355 g/mol. The number of nitrogens with zero attached hydrogens (tertiary/aromatic N) is 3. The lowest BCUT2D eigenvalue weighted by molar-refractivity contribution is -0.127. The number of nitriles is 1. The molecule has 7 nitrogen and oxygen atoms in total. The lowest BCUT2D eigenvalue weighted by atomic mass is 9.90. The quantitative estimate of drug-likeness (QED) is 0.823. The summed E-state index contributed by atoms with van der Waals surface area (Å²) < 4.78 is 0. The average Bonchev–Trinajstić information content (AvgIpc) is 2.60. The van der Waals surface area contributed by atoms with Crippen molar-refractivity contribution in [3.63, 3.8) is 0 Å². The Labute approximate surface area is 153 Å². The summed E-state index contributed by atoms with van der Waals surface area (Å²) in [6.45, 7) is 7.56. The van der Waals surface area contributed by atoms with Gasteiger partial charge >= 0.3 is 0 Å². The van der Waals surface area contributed by atoms with Crippen LogP contribution in [0.5, 0.6) is 0 Å². The second-order valence-electron chi connectivity index (χ2n) is 7.08. The minimum absolute atomic E-state index is 0.0209. The van der Waals surface area contributed by atoms with Crippen molar-refractivity contribution in [1.82, 2.24) is 20.2 Å². The molecule has 2 N–H and O–H groups in total. The van der Waals surface area contributed by atoms with Gasteiger partial charge in [0.05, 0.1) is 29.6 Å². The molecule has 2 atom stereocenters. The molecule has 26 heavy (non-hydrogen) atoms. The number of likely N-dealkylation sites (N-methyl/N-ethyl adjacent to an activating group) is 1. The summed E-state index contributed by atoms with van der Waals surface area (Å²) in [6, 6.07) is 8.80. The monoisotopic (exact) mass is 355 g/mol. The summed E-state index contributed by atoms with van der Waals surface area (Å²) in [5.74, 6) is 0.226. The molecule has 0 aliphatic carbocycles. The van der Waals surface area contributed by atoms with Crippen LogP contribution in [0.15, 0.2) is 29.1 Å². The third kappa shape index (κ3) is 4.09. The highest BCUT2D eigenvalue weighted by Gasteiger charge is 2.32. The fourth-order valence-electron chi connectivity index (χ4n) is 2.44. The SMILES string of the molecule is CC(C)[C@@](C)(C#N)NC(=O)[C@H](C)N(C)Cc1nc2ccccc2c(=O)[nH]1. The summed E-state index contributed by atoms with van der Waals surface area (Å²) in [5.41, 5.74) is -0.511. The summed E-state index contributed by atoms with van der Waals surface area (Å²) >= 11 is 0. The smallest absolute Gasteiger partial charge is 0.258 e. The minimum Gasteiger partial charge on any atom is -0.336 e. The van der Waals surface area contributed by atoms with Crippen LogP contribution < -0.4 is 10.9 Å². The maximum atomic E-state index is 12.5. The zero-order chi connectivity index (χ0) is 19.5. The van der Waals surface area contributed by atoms with Gasteiger partial charge in [-0.1, -0.05) is 26.0 Å². The topological polar surface area (TPSA) is 102 Å². The van der Waals surface area contributed by atoms with Crippen molar-refractivity contribution in [2.45, 2.75) is 45.8 Å². The Hall–Kier alpha value is -2.72. The summed E-state index contributed by atoms with van der Waals surface area (Å²) in [5, 5.41) is 12.7. The molecule has 0 saturated carbocycles. The molecule has 2 rings (SSSR count). The molecule has 2 aromatic rings. The number of amides is 1. The molecule has 0 spiro atoms. The maximum absolute atomic E-state index is 12.5. The van der Waals surface area contributed by atoms with E-state index in [0.29, 0.717) is 23.3 Å². The van der Waals surface area contributed by atoms with Crippen molar-refractivity contribution in [1.29, 1.82) is 5.26 Å². The molecule has 0 fully saturated rings. The Morgan fingerprint density at radius 1 is 1.38 bits per heavy atom. The molecule has 138 valence electrons. The first-order valence-electron chi connectivity index (χ1n) is 8.59. The van der Waals surface area contributed by atoms with Crippen molar-refractivity contribution in [3.8, 4) is 6.07 Å². The van der Waals surface area contributed by atoms with Gasteiger partial charge in [0.1, 0.15) is 11.4 Å². The molecule has 0 aliphatic rings. The molecule has 0 aliphatic heterocycles. The van der Waals surface area contributed by atoms with Crippen LogP contribution in [0, 0.1) is 17.2 Å². The van der Waals surface area contributed by atoms with Gasteiger partial charge in [-0.05, 0) is 38.9 Å². The number of benzene rings is 1. The van der Waals surface area contributed by atoms with Gasteiger partial charge in [0, 0.05) is 0 Å². The number of nitrogens with one attached hydrogen (secondary N) is 2. The molecule has 1 aromatic carbocycles. The predicted octanol–water partition coefficient (Wildman–Crippen LogP) is 1.80. The number of hydrogen-bond acceptors (Lipinski definition) is 5. The lowest BCUT2D eigenvalue weighted by Crippen LogP contribution is -2.54. The molecular formula is C19H25N5O2. The molecule has 0 radical (unpaired) electrons. The van der Waals surface area contributed by atoms with Crippen LogP contribution in [0.4, 0.5) is 0 Å². The highest BCUT2D eigenvalue weighted by Crippen LogP contribution is 2.16. The van der Waals surface area contributed by atoms with Gasteiger partial charge in [0.2, 0.25) is 5.91 Å². The highest BCUT2D eigenvalue weighted by atomic mass is 16.2. The number of aromatic nitrogens is 2. The fourth-order valence-corrected chi connectivity index (χ4v) is 2.44. The van der Waals surface area contributed by atoms with Crippen LogP contribution in [0.2, 0.25) is 0 Å². The van der Waals surface area contributed by atoms with E-state index in [2.05, 4.69) is 21.4 Å². The third-order valence-electron chi connectivity index (χ3n) is 4.87. The normalized spacial score (nSPS) is 14.8. The maximum Gasteiger partial charge on any atom is 0.258 e. The van der Waals surface area contributed by atoms with E-state index in [4.69, 9.17) is 0 Å². The third-order valence-corrected chi connectivity index (χ3v) is 4.87. The highest BCUT2D eigenvalue weighted by molar-refractivity contribution is 5.82. The number of H-pyrrole nitrogens is 1. The van der Waals surface area contributed by atoms with E-state index in [1.807, 2.05) is 19.9 Å². The van der Waals surface area contributed by atoms with Crippen molar-refractivity contribution in [3.05, 3.63) is 40.4 Å². The van der Waals surface area contributed by atoms with Crippen LogP contribution in [-0.4, -0.2) is 39.4 Å². The number of carbonyl (C=O) groups excluding carboxylic acids is 1. The Morgan fingerprint density at radius 2 is 2.04 bits per heavy atom. The van der Waals surface area contributed by atoms with Crippen LogP contribution in [0.3, 0.4) is 0 Å². The molecule has 1 heterocycles. The number of para-hydroxylation sites is 1. The number of carbonyl (C=O) groups is 1. The Kier molecular flexibility index (Phi) is 5.78. The van der Waals surface area contributed by atoms with Gasteiger partial charge in [-0.3, -0.25) is 14.5 Å². The number of rotatable bonds is 6. The van der Waals surface area contributed by atoms with E-state index in [0.717, 1.165) is 0 Å². The van der Waals surface area contributed by atoms with E-state index >= 15 is 0 Å². The zero-order valence-electron chi connectivity index (χ0n) is 15.8. The molecule has 0 saturated heterocycles. The van der Waals surface area contributed by atoms with Gasteiger partial charge in [0.15, 0.2) is 0 Å². The van der Waals surface area contributed by atoms with E-state index in [9.17, 15) is 14.9 Å². The van der Waals surface area contributed by atoms with E-state index in [1.165, 1.54) is 0 Å². The molecule has 0 unspecified atom stereocenters. The summed E-state index contributed by atoms with van der Waals surface area (Å²) in [4.78, 5) is 33.7. The van der Waals surface area contributed by atoms with Crippen molar-refractivity contribution in [2.75, 3.05) is 7.05 Å². The largest absolute Gasteiger partial charge is 0.336 e. The van der Waals surface area contributed by atoms with Gasteiger partial charge in [-0.25, -0.2) is 4.98 Å². The molecular weight excluding hydrogens is 330 g/mol. The lowest BCUT2D eigenvalue weighted by Gasteiger charge is -2.31. The first kappa shape index (κ1) is 19.6. The summed E-state index contributed by atoms with van der Waals surface area (Å²) in [7, 11) is 1.78. The molecule has 7 heteroatoms. The van der Waals surface area contributed by atoms with Crippen molar-refractivity contribution >= 4 is 16.8 Å². The second kappa shape index (κ2) is 7.67. The predicted molar refractivity (Wildman–Crippen MR) is 100 cm³/mol.